The quantitative estimate of drug-likeness (QED) is 0.641. The van der Waals surface area contributed by atoms with E-state index in [0.717, 1.165) is 31.2 Å². The Bertz CT molecular complexity index is 391. The topological polar surface area (TPSA) is 49.3 Å². The number of amides is 1. The molecular weight excluding hydrogens is 262 g/mol. The van der Waals surface area contributed by atoms with Crippen LogP contribution in [0.25, 0.3) is 0 Å². The van der Waals surface area contributed by atoms with Crippen LogP contribution in [-0.4, -0.2) is 17.1 Å². The van der Waals surface area contributed by atoms with Gasteiger partial charge in [0.05, 0.1) is 12.1 Å². The molecule has 2 unspecified atom stereocenters. The van der Waals surface area contributed by atoms with Crippen molar-refractivity contribution in [2.24, 2.45) is 0 Å². The van der Waals surface area contributed by atoms with Crippen molar-refractivity contribution in [3.63, 3.8) is 0 Å². The van der Waals surface area contributed by atoms with Gasteiger partial charge in [0.1, 0.15) is 0 Å². The summed E-state index contributed by atoms with van der Waals surface area (Å²) in [5.74, 6) is 0.0621. The van der Waals surface area contributed by atoms with Gasteiger partial charge in [-0.25, -0.2) is 0 Å². The van der Waals surface area contributed by atoms with Crippen LogP contribution in [0.1, 0.15) is 70.4 Å². The van der Waals surface area contributed by atoms with E-state index in [1.807, 2.05) is 37.3 Å². The highest BCUT2D eigenvalue weighted by Gasteiger charge is 2.10. The monoisotopic (exact) mass is 291 g/mol. The average molecular weight is 291 g/mol. The van der Waals surface area contributed by atoms with Gasteiger partial charge in [0, 0.05) is 6.42 Å². The molecule has 0 bridgehead atoms. The summed E-state index contributed by atoms with van der Waals surface area (Å²) in [5, 5.41) is 12.8. The fourth-order valence-corrected chi connectivity index (χ4v) is 2.41. The lowest BCUT2D eigenvalue weighted by Gasteiger charge is -2.15. The molecule has 118 valence electrons. The smallest absolute Gasteiger partial charge is 0.220 e. The highest BCUT2D eigenvalue weighted by molar-refractivity contribution is 5.76. The first-order valence-electron chi connectivity index (χ1n) is 8.15. The molecule has 3 nitrogen and oxygen atoms in total. The van der Waals surface area contributed by atoms with Crippen LogP contribution in [0.4, 0.5) is 0 Å². The van der Waals surface area contributed by atoms with Gasteiger partial charge in [0.15, 0.2) is 0 Å². The van der Waals surface area contributed by atoms with E-state index in [1.165, 1.54) is 12.8 Å². The standard InChI is InChI=1S/C18H29NO2/c1-3-4-6-12-17(20)13-9-14-18(21)19-15(2)16-10-7-5-8-11-16/h5,7-8,10-11,15,17,20H,3-4,6,9,12-14H2,1-2H3,(H,19,21). The van der Waals surface area contributed by atoms with Crippen LogP contribution in [0.2, 0.25) is 0 Å². The van der Waals surface area contributed by atoms with Crippen LogP contribution in [0.15, 0.2) is 30.3 Å². The van der Waals surface area contributed by atoms with Crippen molar-refractivity contribution in [1.29, 1.82) is 0 Å². The number of carbonyl (C=O) groups excluding carboxylic acids is 1. The molecule has 1 rings (SSSR count). The van der Waals surface area contributed by atoms with Gasteiger partial charge in [0.25, 0.3) is 0 Å². The fourth-order valence-electron chi connectivity index (χ4n) is 2.41. The van der Waals surface area contributed by atoms with Gasteiger partial charge in [-0.2, -0.15) is 0 Å². The minimum atomic E-state index is -0.254. The van der Waals surface area contributed by atoms with Crippen molar-refractivity contribution in [2.45, 2.75) is 70.9 Å². The summed E-state index contributed by atoms with van der Waals surface area (Å²) in [5.41, 5.74) is 1.12. The molecule has 0 aromatic heterocycles. The summed E-state index contributed by atoms with van der Waals surface area (Å²) >= 11 is 0. The molecule has 21 heavy (non-hydrogen) atoms. The molecule has 2 N–H and O–H groups in total. The summed E-state index contributed by atoms with van der Waals surface area (Å²) in [6.45, 7) is 4.15. The number of aliphatic hydroxyl groups is 1. The summed E-state index contributed by atoms with van der Waals surface area (Å²) in [6.07, 6.45) is 5.99. The van der Waals surface area contributed by atoms with Crippen LogP contribution >= 0.6 is 0 Å². The SMILES string of the molecule is CCCCCC(O)CCCC(=O)NC(C)c1ccccc1. The zero-order valence-corrected chi connectivity index (χ0v) is 13.3. The Balaban J connectivity index is 2.16. The normalized spacial score (nSPS) is 13.7. The van der Waals surface area contributed by atoms with Crippen molar-refractivity contribution in [1.82, 2.24) is 5.32 Å². The summed E-state index contributed by atoms with van der Waals surface area (Å²) in [4.78, 5) is 11.9. The summed E-state index contributed by atoms with van der Waals surface area (Å²) in [6, 6.07) is 9.99. The number of aliphatic hydroxyl groups excluding tert-OH is 1. The van der Waals surface area contributed by atoms with E-state index in [4.69, 9.17) is 0 Å². The molecule has 0 aliphatic heterocycles. The number of hydrogen-bond acceptors (Lipinski definition) is 2. The lowest BCUT2D eigenvalue weighted by atomic mass is 10.0. The van der Waals surface area contributed by atoms with Crippen LogP contribution in [0, 0.1) is 0 Å². The lowest BCUT2D eigenvalue weighted by molar-refractivity contribution is -0.121. The largest absolute Gasteiger partial charge is 0.393 e. The zero-order chi connectivity index (χ0) is 15.5. The predicted molar refractivity (Wildman–Crippen MR) is 87.0 cm³/mol. The highest BCUT2D eigenvalue weighted by Crippen LogP contribution is 2.13. The van der Waals surface area contributed by atoms with E-state index in [2.05, 4.69) is 12.2 Å². The van der Waals surface area contributed by atoms with Gasteiger partial charge in [-0.05, 0) is 31.7 Å². The van der Waals surface area contributed by atoms with Crippen molar-refractivity contribution in [2.75, 3.05) is 0 Å². The Hall–Kier alpha value is -1.35. The van der Waals surface area contributed by atoms with E-state index in [0.29, 0.717) is 6.42 Å². The van der Waals surface area contributed by atoms with E-state index < -0.39 is 0 Å². The van der Waals surface area contributed by atoms with Gasteiger partial charge in [-0.15, -0.1) is 0 Å². The number of nitrogens with one attached hydrogen (secondary N) is 1. The first kappa shape index (κ1) is 17.7. The fraction of sp³-hybridized carbons (Fsp3) is 0.611. The summed E-state index contributed by atoms with van der Waals surface area (Å²) < 4.78 is 0. The lowest BCUT2D eigenvalue weighted by Crippen LogP contribution is -2.26. The Morgan fingerprint density at radius 3 is 2.48 bits per heavy atom. The second kappa shape index (κ2) is 10.4. The van der Waals surface area contributed by atoms with Gasteiger partial charge < -0.3 is 10.4 Å². The average Bonchev–Trinajstić information content (AvgIpc) is 2.48. The van der Waals surface area contributed by atoms with E-state index >= 15 is 0 Å². The van der Waals surface area contributed by atoms with Gasteiger partial charge in [-0.3, -0.25) is 4.79 Å². The number of unbranched alkanes of at least 4 members (excludes halogenated alkanes) is 2. The molecular formula is C18H29NO2. The van der Waals surface area contributed by atoms with Crippen molar-refractivity contribution < 1.29 is 9.90 Å². The third-order valence-corrected chi connectivity index (χ3v) is 3.76. The van der Waals surface area contributed by atoms with Gasteiger partial charge >= 0.3 is 0 Å². The second-order valence-electron chi connectivity index (χ2n) is 5.74. The number of rotatable bonds is 10. The molecule has 3 heteroatoms. The Labute approximate surface area is 128 Å². The zero-order valence-electron chi connectivity index (χ0n) is 13.3. The maximum Gasteiger partial charge on any atom is 0.220 e. The van der Waals surface area contributed by atoms with Crippen LogP contribution in [0.3, 0.4) is 0 Å². The van der Waals surface area contributed by atoms with Crippen molar-refractivity contribution >= 4 is 5.91 Å². The Morgan fingerprint density at radius 2 is 1.81 bits per heavy atom. The number of carbonyl (C=O) groups is 1. The highest BCUT2D eigenvalue weighted by atomic mass is 16.3. The number of benzene rings is 1. The molecule has 0 spiro atoms. The molecule has 1 aromatic rings. The molecule has 0 radical (unpaired) electrons. The van der Waals surface area contributed by atoms with E-state index in [-0.39, 0.29) is 18.1 Å². The first-order chi connectivity index (χ1) is 10.1. The van der Waals surface area contributed by atoms with Crippen molar-refractivity contribution in [3.8, 4) is 0 Å². The predicted octanol–water partition coefficient (Wildman–Crippen LogP) is 3.98. The molecule has 2 atom stereocenters. The first-order valence-corrected chi connectivity index (χ1v) is 8.15. The molecule has 1 aromatic carbocycles. The maximum atomic E-state index is 11.9. The number of hydrogen-bond donors (Lipinski definition) is 2. The van der Waals surface area contributed by atoms with E-state index in [9.17, 15) is 9.90 Å². The van der Waals surface area contributed by atoms with Gasteiger partial charge in [-0.1, -0.05) is 56.5 Å². The molecule has 0 heterocycles. The Kier molecular flexibility index (Phi) is 8.76. The molecule has 0 fully saturated rings. The minimum absolute atomic E-state index is 0.0353. The minimum Gasteiger partial charge on any atom is -0.393 e. The van der Waals surface area contributed by atoms with Crippen LogP contribution in [-0.2, 0) is 4.79 Å². The molecule has 1 amide bonds. The van der Waals surface area contributed by atoms with Crippen molar-refractivity contribution in [3.05, 3.63) is 35.9 Å². The van der Waals surface area contributed by atoms with Gasteiger partial charge in [0.2, 0.25) is 5.91 Å². The molecule has 0 aliphatic carbocycles. The third-order valence-electron chi connectivity index (χ3n) is 3.76. The Morgan fingerprint density at radius 1 is 1.14 bits per heavy atom. The van der Waals surface area contributed by atoms with E-state index in [1.54, 1.807) is 0 Å². The molecule has 0 aliphatic rings. The molecule has 0 saturated carbocycles. The maximum absolute atomic E-state index is 11.9. The van der Waals surface area contributed by atoms with Crippen LogP contribution in [0.5, 0.6) is 0 Å². The third kappa shape index (κ3) is 7.86. The van der Waals surface area contributed by atoms with Crippen LogP contribution < -0.4 is 5.32 Å². The second-order valence-corrected chi connectivity index (χ2v) is 5.74. The summed E-state index contributed by atoms with van der Waals surface area (Å²) in [7, 11) is 0. The molecule has 0 saturated heterocycles.